The van der Waals surface area contributed by atoms with Crippen LogP contribution in [0.5, 0.6) is 0 Å². The van der Waals surface area contributed by atoms with Crippen LogP contribution in [0, 0.1) is 0 Å². The Morgan fingerprint density at radius 3 is 3.00 bits per heavy atom. The molecule has 52 valence electrons. The first-order valence-electron chi connectivity index (χ1n) is 2.76. The van der Waals surface area contributed by atoms with Crippen molar-refractivity contribution in [3.05, 3.63) is 0 Å². The molecule has 0 spiro atoms. The van der Waals surface area contributed by atoms with Gasteiger partial charge in [0.15, 0.2) is 6.29 Å². The minimum Gasteiger partial charge on any atom is -0.363 e. The number of aliphatic hydroxyl groups excluding tert-OH is 1. The van der Waals surface area contributed by atoms with Crippen LogP contribution < -0.4 is 0 Å². The summed E-state index contributed by atoms with van der Waals surface area (Å²) in [5.41, 5.74) is 0.601. The molecule has 0 amide bonds. The molecule has 0 aromatic rings. The lowest BCUT2D eigenvalue weighted by Gasteiger charge is -2.23. The molecule has 0 aromatic heterocycles. The molecule has 1 aliphatic rings. The van der Waals surface area contributed by atoms with Gasteiger partial charge in [0.25, 0.3) is 0 Å². The van der Waals surface area contributed by atoms with E-state index in [0.29, 0.717) is 12.4 Å². The second-order valence-corrected chi connectivity index (χ2v) is 2.05. The molecule has 0 aliphatic carbocycles. The maximum Gasteiger partial charge on any atom is 0.198 e. The standard InChI is InChI=1S/C5H10N2O2/c1-4-5(8)9-3-7(2)6-4/h5,8H,3H2,1-2H3. The highest BCUT2D eigenvalue weighted by molar-refractivity contribution is 5.84. The molecule has 0 saturated heterocycles. The van der Waals surface area contributed by atoms with Crippen LogP contribution in [0.1, 0.15) is 6.92 Å². The summed E-state index contributed by atoms with van der Waals surface area (Å²) >= 11 is 0. The Balaban J connectivity index is 2.61. The topological polar surface area (TPSA) is 45.1 Å². The van der Waals surface area contributed by atoms with Crippen LogP contribution in [0.4, 0.5) is 0 Å². The van der Waals surface area contributed by atoms with Gasteiger partial charge in [0.05, 0.1) is 5.71 Å². The minimum absolute atomic E-state index is 0.360. The third kappa shape index (κ3) is 1.40. The molecule has 4 heteroatoms. The first-order chi connectivity index (χ1) is 4.20. The number of hydrogen-bond donors (Lipinski definition) is 1. The van der Waals surface area contributed by atoms with Crippen LogP contribution in [0.25, 0.3) is 0 Å². The Labute approximate surface area is 53.7 Å². The fraction of sp³-hybridized carbons (Fsp3) is 0.800. The smallest absolute Gasteiger partial charge is 0.198 e. The second-order valence-electron chi connectivity index (χ2n) is 2.05. The van der Waals surface area contributed by atoms with Gasteiger partial charge in [-0.05, 0) is 6.92 Å². The van der Waals surface area contributed by atoms with Crippen LogP contribution in [-0.4, -0.2) is 35.9 Å². The summed E-state index contributed by atoms with van der Waals surface area (Å²) in [5.74, 6) is 0. The molecule has 1 aliphatic heterocycles. The van der Waals surface area contributed by atoms with E-state index in [2.05, 4.69) is 5.10 Å². The van der Waals surface area contributed by atoms with E-state index in [-0.39, 0.29) is 0 Å². The van der Waals surface area contributed by atoms with Gasteiger partial charge >= 0.3 is 0 Å². The summed E-state index contributed by atoms with van der Waals surface area (Å²) in [4.78, 5) is 0. The first-order valence-corrected chi connectivity index (χ1v) is 2.76. The highest BCUT2D eigenvalue weighted by atomic mass is 16.6. The van der Waals surface area contributed by atoms with E-state index >= 15 is 0 Å². The van der Waals surface area contributed by atoms with E-state index < -0.39 is 6.29 Å². The van der Waals surface area contributed by atoms with Crippen molar-refractivity contribution >= 4 is 5.71 Å². The molecule has 1 unspecified atom stereocenters. The van der Waals surface area contributed by atoms with Gasteiger partial charge in [-0.3, -0.25) is 5.01 Å². The normalized spacial score (nSPS) is 28.1. The Hall–Kier alpha value is -0.610. The molecule has 0 aromatic carbocycles. The Morgan fingerprint density at radius 2 is 2.56 bits per heavy atom. The lowest BCUT2D eigenvalue weighted by atomic mass is 10.4. The van der Waals surface area contributed by atoms with Crippen molar-refractivity contribution in [1.82, 2.24) is 5.01 Å². The highest BCUT2D eigenvalue weighted by Crippen LogP contribution is 2.01. The SMILES string of the molecule is CC1=NN(C)COC1O. The third-order valence-electron chi connectivity index (χ3n) is 1.11. The molecule has 1 N–H and O–H groups in total. The van der Waals surface area contributed by atoms with E-state index in [0.717, 1.165) is 0 Å². The summed E-state index contributed by atoms with van der Waals surface area (Å²) in [6, 6.07) is 0. The number of nitrogens with zero attached hydrogens (tertiary/aromatic N) is 2. The fourth-order valence-corrected chi connectivity index (χ4v) is 0.647. The number of ether oxygens (including phenoxy) is 1. The number of aliphatic hydroxyl groups is 1. The molecule has 1 heterocycles. The van der Waals surface area contributed by atoms with Gasteiger partial charge in [-0.15, -0.1) is 0 Å². The summed E-state index contributed by atoms with van der Waals surface area (Å²) < 4.78 is 4.85. The highest BCUT2D eigenvalue weighted by Gasteiger charge is 2.14. The van der Waals surface area contributed by atoms with E-state index in [4.69, 9.17) is 9.84 Å². The molecular formula is C5H10N2O2. The summed E-state index contributed by atoms with van der Waals surface area (Å²) in [5, 5.41) is 14.5. The van der Waals surface area contributed by atoms with Gasteiger partial charge in [-0.2, -0.15) is 5.10 Å². The van der Waals surface area contributed by atoms with Crippen LogP contribution in [0.15, 0.2) is 5.10 Å². The zero-order chi connectivity index (χ0) is 6.85. The van der Waals surface area contributed by atoms with Crippen molar-refractivity contribution in [3.63, 3.8) is 0 Å². The molecular weight excluding hydrogens is 120 g/mol. The largest absolute Gasteiger partial charge is 0.363 e. The van der Waals surface area contributed by atoms with Gasteiger partial charge < -0.3 is 9.84 Å². The number of rotatable bonds is 0. The van der Waals surface area contributed by atoms with Crippen molar-refractivity contribution in [2.45, 2.75) is 13.2 Å². The molecule has 0 bridgehead atoms. The average Bonchev–Trinajstić information content (AvgIpc) is 1.80. The lowest BCUT2D eigenvalue weighted by Crippen LogP contribution is -2.34. The average molecular weight is 130 g/mol. The second kappa shape index (κ2) is 2.33. The monoisotopic (exact) mass is 130 g/mol. The van der Waals surface area contributed by atoms with Crippen molar-refractivity contribution in [1.29, 1.82) is 0 Å². The van der Waals surface area contributed by atoms with Gasteiger partial charge in [0.1, 0.15) is 6.73 Å². The maximum atomic E-state index is 8.92. The lowest BCUT2D eigenvalue weighted by molar-refractivity contribution is -0.101. The van der Waals surface area contributed by atoms with Crippen molar-refractivity contribution in [2.24, 2.45) is 5.10 Å². The zero-order valence-electron chi connectivity index (χ0n) is 5.53. The van der Waals surface area contributed by atoms with E-state index in [1.54, 1.807) is 19.0 Å². The summed E-state index contributed by atoms with van der Waals surface area (Å²) in [7, 11) is 1.79. The predicted octanol–water partition coefficient (Wildman–Crippen LogP) is -0.400. The van der Waals surface area contributed by atoms with Gasteiger partial charge in [0.2, 0.25) is 0 Å². The molecule has 0 fully saturated rings. The maximum absolute atomic E-state index is 8.92. The van der Waals surface area contributed by atoms with Crippen molar-refractivity contribution in [3.8, 4) is 0 Å². The number of hydrazone groups is 1. The van der Waals surface area contributed by atoms with Crippen LogP contribution in [0.3, 0.4) is 0 Å². The van der Waals surface area contributed by atoms with Gasteiger partial charge in [-0.1, -0.05) is 0 Å². The summed E-state index contributed by atoms with van der Waals surface area (Å²) in [6.07, 6.45) is -0.804. The quantitative estimate of drug-likeness (QED) is 0.485. The first kappa shape index (κ1) is 6.51. The Bertz CT molecular complexity index is 135. The Morgan fingerprint density at radius 1 is 1.89 bits per heavy atom. The molecule has 9 heavy (non-hydrogen) atoms. The zero-order valence-corrected chi connectivity index (χ0v) is 5.53. The predicted molar refractivity (Wildman–Crippen MR) is 32.8 cm³/mol. The molecule has 0 radical (unpaired) electrons. The van der Waals surface area contributed by atoms with E-state index in [9.17, 15) is 0 Å². The molecule has 1 rings (SSSR count). The van der Waals surface area contributed by atoms with Gasteiger partial charge in [-0.25, -0.2) is 0 Å². The van der Waals surface area contributed by atoms with Crippen LogP contribution >= 0.6 is 0 Å². The van der Waals surface area contributed by atoms with E-state index in [1.807, 2.05) is 0 Å². The molecule has 1 atom stereocenters. The molecule has 4 nitrogen and oxygen atoms in total. The summed E-state index contributed by atoms with van der Waals surface area (Å²) in [6.45, 7) is 2.08. The van der Waals surface area contributed by atoms with Crippen LogP contribution in [0.2, 0.25) is 0 Å². The fourth-order valence-electron chi connectivity index (χ4n) is 0.647. The molecule has 0 saturated carbocycles. The minimum atomic E-state index is -0.804. The van der Waals surface area contributed by atoms with E-state index in [1.165, 1.54) is 0 Å². The van der Waals surface area contributed by atoms with Crippen molar-refractivity contribution in [2.75, 3.05) is 13.8 Å². The van der Waals surface area contributed by atoms with Crippen LogP contribution in [-0.2, 0) is 4.74 Å². The van der Waals surface area contributed by atoms with Gasteiger partial charge in [0, 0.05) is 7.05 Å². The third-order valence-corrected chi connectivity index (χ3v) is 1.11. The Kier molecular flexibility index (Phi) is 1.68. The van der Waals surface area contributed by atoms with Crippen molar-refractivity contribution < 1.29 is 9.84 Å². The number of hydrogen-bond acceptors (Lipinski definition) is 4.